The summed E-state index contributed by atoms with van der Waals surface area (Å²) in [4.78, 5) is 5.29. The Hall–Kier alpha value is -1.17. The lowest BCUT2D eigenvalue weighted by Gasteiger charge is -2.19. The average Bonchev–Trinajstić information content (AvgIpc) is 3.24. The molecule has 5 heteroatoms. The molecule has 0 aliphatic carbocycles. The largest absolute Gasteiger partial charge is 0.373 e. The first kappa shape index (κ1) is 14.8. The smallest absolute Gasteiger partial charge is 0.0917 e. The summed E-state index contributed by atoms with van der Waals surface area (Å²) in [5.41, 5.74) is 0. The minimum Gasteiger partial charge on any atom is -0.373 e. The van der Waals surface area contributed by atoms with Crippen molar-refractivity contribution in [2.24, 2.45) is 0 Å². The fourth-order valence-corrected chi connectivity index (χ4v) is 3.84. The van der Waals surface area contributed by atoms with Gasteiger partial charge in [-0.1, -0.05) is 6.92 Å². The first-order valence-electron chi connectivity index (χ1n) is 7.75. The Morgan fingerprint density at radius 3 is 3.14 bits per heavy atom. The molecule has 1 unspecified atom stereocenters. The SMILES string of the molecule is CCN(CCn1cccn1)Cc1ccc(C2CCCO2)s1. The average molecular weight is 305 g/mol. The molecule has 0 saturated carbocycles. The molecule has 2 aromatic heterocycles. The molecule has 1 aliphatic rings. The van der Waals surface area contributed by atoms with Crippen molar-refractivity contribution < 1.29 is 4.74 Å². The van der Waals surface area contributed by atoms with Crippen LogP contribution in [0.1, 0.15) is 35.6 Å². The van der Waals surface area contributed by atoms with Crippen molar-refractivity contribution in [2.75, 3.05) is 19.7 Å². The van der Waals surface area contributed by atoms with E-state index in [2.05, 4.69) is 29.1 Å². The molecule has 1 aliphatic heterocycles. The van der Waals surface area contributed by atoms with E-state index in [-0.39, 0.29) is 0 Å². The molecule has 0 N–H and O–H groups in total. The van der Waals surface area contributed by atoms with Gasteiger partial charge >= 0.3 is 0 Å². The quantitative estimate of drug-likeness (QED) is 0.786. The van der Waals surface area contributed by atoms with Gasteiger partial charge in [-0.3, -0.25) is 9.58 Å². The van der Waals surface area contributed by atoms with E-state index in [0.717, 1.165) is 32.8 Å². The predicted octanol–water partition coefficient (Wildman–Crippen LogP) is 3.32. The third-order valence-electron chi connectivity index (χ3n) is 3.96. The first-order valence-corrected chi connectivity index (χ1v) is 8.57. The summed E-state index contributed by atoms with van der Waals surface area (Å²) < 4.78 is 7.76. The number of ether oxygens (including phenoxy) is 1. The summed E-state index contributed by atoms with van der Waals surface area (Å²) in [5, 5.41) is 4.26. The van der Waals surface area contributed by atoms with E-state index in [9.17, 15) is 0 Å². The highest BCUT2D eigenvalue weighted by molar-refractivity contribution is 7.12. The lowest BCUT2D eigenvalue weighted by molar-refractivity contribution is 0.114. The van der Waals surface area contributed by atoms with Crippen molar-refractivity contribution >= 4 is 11.3 Å². The number of aromatic nitrogens is 2. The van der Waals surface area contributed by atoms with E-state index in [1.54, 1.807) is 0 Å². The van der Waals surface area contributed by atoms with Crippen LogP contribution in [0.5, 0.6) is 0 Å². The van der Waals surface area contributed by atoms with E-state index >= 15 is 0 Å². The van der Waals surface area contributed by atoms with Crippen LogP contribution < -0.4 is 0 Å². The second-order valence-corrected chi connectivity index (χ2v) is 6.64. The molecule has 1 fully saturated rings. The van der Waals surface area contributed by atoms with E-state index < -0.39 is 0 Å². The zero-order valence-corrected chi connectivity index (χ0v) is 13.4. The maximum Gasteiger partial charge on any atom is 0.0917 e. The second kappa shape index (κ2) is 7.20. The van der Waals surface area contributed by atoms with Crippen LogP contribution in [0.2, 0.25) is 0 Å². The second-order valence-electron chi connectivity index (χ2n) is 5.44. The molecular formula is C16H23N3OS. The Balaban J connectivity index is 1.53. The zero-order chi connectivity index (χ0) is 14.5. The first-order chi connectivity index (χ1) is 10.3. The van der Waals surface area contributed by atoms with Gasteiger partial charge in [0.25, 0.3) is 0 Å². The fraction of sp³-hybridized carbons (Fsp3) is 0.562. The van der Waals surface area contributed by atoms with Gasteiger partial charge in [0.1, 0.15) is 0 Å². The summed E-state index contributed by atoms with van der Waals surface area (Å²) in [6.07, 6.45) is 6.58. The van der Waals surface area contributed by atoms with Gasteiger partial charge < -0.3 is 4.74 Å². The Labute approximate surface area is 130 Å². The van der Waals surface area contributed by atoms with Crippen molar-refractivity contribution in [3.63, 3.8) is 0 Å². The van der Waals surface area contributed by atoms with Crippen LogP contribution in [0.15, 0.2) is 30.6 Å². The van der Waals surface area contributed by atoms with Crippen molar-refractivity contribution in [1.82, 2.24) is 14.7 Å². The molecule has 0 bridgehead atoms. The van der Waals surface area contributed by atoms with E-state index in [1.165, 1.54) is 22.6 Å². The third-order valence-corrected chi connectivity index (χ3v) is 5.12. The molecule has 1 atom stereocenters. The molecule has 3 heterocycles. The summed E-state index contributed by atoms with van der Waals surface area (Å²) in [6, 6.07) is 6.49. The zero-order valence-electron chi connectivity index (χ0n) is 12.6. The lowest BCUT2D eigenvalue weighted by atomic mass is 10.2. The molecule has 0 amide bonds. The Morgan fingerprint density at radius 1 is 1.48 bits per heavy atom. The minimum atomic E-state index is 0.350. The molecule has 1 saturated heterocycles. The van der Waals surface area contributed by atoms with E-state index in [1.807, 2.05) is 34.5 Å². The van der Waals surface area contributed by atoms with Crippen LogP contribution in [0, 0.1) is 0 Å². The number of likely N-dealkylation sites (N-methyl/N-ethyl adjacent to an activating group) is 1. The van der Waals surface area contributed by atoms with Crippen molar-refractivity contribution in [3.05, 3.63) is 40.3 Å². The highest BCUT2D eigenvalue weighted by Gasteiger charge is 2.19. The Morgan fingerprint density at radius 2 is 2.43 bits per heavy atom. The number of thiophene rings is 1. The van der Waals surface area contributed by atoms with Crippen LogP contribution in [-0.4, -0.2) is 34.4 Å². The highest BCUT2D eigenvalue weighted by atomic mass is 32.1. The maximum absolute atomic E-state index is 5.77. The molecular weight excluding hydrogens is 282 g/mol. The molecule has 4 nitrogen and oxygen atoms in total. The fourth-order valence-electron chi connectivity index (χ4n) is 2.70. The molecule has 0 radical (unpaired) electrons. The van der Waals surface area contributed by atoms with E-state index in [4.69, 9.17) is 4.74 Å². The van der Waals surface area contributed by atoms with Crippen LogP contribution in [0.3, 0.4) is 0 Å². The molecule has 0 spiro atoms. The molecule has 21 heavy (non-hydrogen) atoms. The molecule has 114 valence electrons. The van der Waals surface area contributed by atoms with Crippen LogP contribution in [0.25, 0.3) is 0 Å². The summed E-state index contributed by atoms with van der Waals surface area (Å²) in [5.74, 6) is 0. The van der Waals surface area contributed by atoms with Gasteiger partial charge in [0.05, 0.1) is 12.6 Å². The third kappa shape index (κ3) is 3.93. The topological polar surface area (TPSA) is 30.3 Å². The van der Waals surface area contributed by atoms with Crippen LogP contribution >= 0.6 is 11.3 Å². The van der Waals surface area contributed by atoms with Gasteiger partial charge in [-0.25, -0.2) is 0 Å². The van der Waals surface area contributed by atoms with Crippen LogP contribution in [0.4, 0.5) is 0 Å². The highest BCUT2D eigenvalue weighted by Crippen LogP contribution is 2.33. The summed E-state index contributed by atoms with van der Waals surface area (Å²) >= 11 is 1.91. The Bertz CT molecular complexity index is 531. The van der Waals surface area contributed by atoms with Gasteiger partial charge in [0.2, 0.25) is 0 Å². The molecule has 2 aromatic rings. The van der Waals surface area contributed by atoms with Gasteiger partial charge in [-0.05, 0) is 37.6 Å². The number of hydrogen-bond acceptors (Lipinski definition) is 4. The van der Waals surface area contributed by atoms with Gasteiger partial charge in [0, 0.05) is 41.8 Å². The van der Waals surface area contributed by atoms with Gasteiger partial charge in [-0.2, -0.15) is 5.10 Å². The lowest BCUT2D eigenvalue weighted by Crippen LogP contribution is -2.26. The van der Waals surface area contributed by atoms with Crippen molar-refractivity contribution in [1.29, 1.82) is 0 Å². The maximum atomic E-state index is 5.77. The van der Waals surface area contributed by atoms with Crippen LogP contribution in [-0.2, 0) is 17.8 Å². The van der Waals surface area contributed by atoms with Gasteiger partial charge in [-0.15, -0.1) is 11.3 Å². The van der Waals surface area contributed by atoms with E-state index in [0.29, 0.717) is 6.10 Å². The standard InChI is InChI=1S/C16H23N3OS/c1-2-18(10-11-19-9-4-8-17-19)13-14-6-7-16(21-14)15-5-3-12-20-15/h4,6-9,15H,2-3,5,10-13H2,1H3. The monoisotopic (exact) mass is 305 g/mol. The van der Waals surface area contributed by atoms with Gasteiger partial charge in [0.15, 0.2) is 0 Å². The molecule has 0 aromatic carbocycles. The predicted molar refractivity (Wildman–Crippen MR) is 85.4 cm³/mol. The normalized spacial score (nSPS) is 18.7. The van der Waals surface area contributed by atoms with Crippen molar-refractivity contribution in [3.8, 4) is 0 Å². The Kier molecular flexibility index (Phi) is 5.06. The number of rotatable bonds is 7. The number of nitrogens with zero attached hydrogens (tertiary/aromatic N) is 3. The summed E-state index contributed by atoms with van der Waals surface area (Å²) in [6.45, 7) is 7.21. The van der Waals surface area contributed by atoms with Crippen molar-refractivity contribution in [2.45, 2.75) is 39.0 Å². The number of hydrogen-bond donors (Lipinski definition) is 0. The summed E-state index contributed by atoms with van der Waals surface area (Å²) in [7, 11) is 0. The minimum absolute atomic E-state index is 0.350. The molecule has 3 rings (SSSR count).